The summed E-state index contributed by atoms with van der Waals surface area (Å²) in [4.78, 5) is 34.9. The molecule has 0 aromatic rings. The lowest BCUT2D eigenvalue weighted by atomic mass is 10.0. The van der Waals surface area contributed by atoms with Gasteiger partial charge in [-0.05, 0) is 45.4 Å². The van der Waals surface area contributed by atoms with Crippen LogP contribution in [-0.4, -0.2) is 88.1 Å². The van der Waals surface area contributed by atoms with Crippen LogP contribution in [0.1, 0.15) is 142 Å². The zero-order chi connectivity index (χ0) is 42.2. The molecule has 0 bridgehead atoms. The first-order valence-corrected chi connectivity index (χ1v) is 22.6. The number of carbonyl (C=O) groups excluding carboxylic acids is 2. The standard InChI is InChI=1S/C44H75O12P/c1-3-4-5-6-7-8-9-10-11-15-18-21-28-33-43(49)53-37-42(38-55-57(51,52)54-36-41(48)35-45)56-44(50)34-29-22-19-16-13-12-14-17-20-26-31-40(47)32-27-24-23-25-30-39(2)46/h12-13,17,19-20,22,24-27,30-31,39-42,45-48H,3-11,14-16,18,21,23,28-29,32-38H2,1-2H3,(H,51,52)/b13-12+,20-17+,22-19+,27-24+,30-25-,31-26-. The second-order valence-corrected chi connectivity index (χ2v) is 15.6. The first kappa shape index (κ1) is 54.3. The molecule has 0 aliphatic carbocycles. The Morgan fingerprint density at radius 3 is 1.82 bits per heavy atom. The van der Waals surface area contributed by atoms with Crippen molar-refractivity contribution in [2.24, 2.45) is 0 Å². The highest BCUT2D eigenvalue weighted by molar-refractivity contribution is 7.47. The van der Waals surface area contributed by atoms with Crippen LogP contribution in [0.4, 0.5) is 0 Å². The van der Waals surface area contributed by atoms with Gasteiger partial charge in [0.05, 0.1) is 32.0 Å². The minimum atomic E-state index is -4.66. The lowest BCUT2D eigenvalue weighted by Crippen LogP contribution is -2.29. The van der Waals surface area contributed by atoms with Gasteiger partial charge >= 0.3 is 19.8 Å². The molecule has 5 unspecified atom stereocenters. The van der Waals surface area contributed by atoms with Crippen molar-refractivity contribution in [3.8, 4) is 0 Å². The van der Waals surface area contributed by atoms with Gasteiger partial charge in [0.2, 0.25) is 0 Å². The Hall–Kier alpha value is -2.67. The molecule has 0 saturated carbocycles. The van der Waals surface area contributed by atoms with Crippen molar-refractivity contribution in [1.29, 1.82) is 0 Å². The molecule has 0 aromatic carbocycles. The van der Waals surface area contributed by atoms with Gasteiger partial charge in [-0.25, -0.2) is 4.57 Å². The van der Waals surface area contributed by atoms with Crippen molar-refractivity contribution in [1.82, 2.24) is 0 Å². The molecule has 12 nitrogen and oxygen atoms in total. The third-order valence-electron chi connectivity index (χ3n) is 8.48. The second kappa shape index (κ2) is 38.8. The normalized spacial score (nSPS) is 15.7. The fourth-order valence-electron chi connectivity index (χ4n) is 5.23. The Morgan fingerprint density at radius 1 is 0.632 bits per heavy atom. The maximum atomic E-state index is 12.6. The summed E-state index contributed by atoms with van der Waals surface area (Å²) in [6.07, 6.45) is 37.6. The molecule has 0 fully saturated rings. The van der Waals surface area contributed by atoms with Gasteiger partial charge in [0.25, 0.3) is 0 Å². The van der Waals surface area contributed by atoms with E-state index in [1.807, 2.05) is 54.7 Å². The van der Waals surface area contributed by atoms with Gasteiger partial charge in [-0.3, -0.25) is 18.6 Å². The number of aliphatic hydroxyl groups is 4. The highest BCUT2D eigenvalue weighted by atomic mass is 31.2. The number of phosphoric acid groups is 1. The topological polar surface area (TPSA) is 189 Å². The number of esters is 2. The van der Waals surface area contributed by atoms with E-state index in [0.29, 0.717) is 32.1 Å². The van der Waals surface area contributed by atoms with Crippen LogP contribution in [0, 0.1) is 0 Å². The van der Waals surface area contributed by atoms with Crippen molar-refractivity contribution in [2.45, 2.75) is 167 Å². The Bertz CT molecular complexity index is 1210. The number of phosphoric ester groups is 1. The number of aliphatic hydroxyl groups excluding tert-OH is 4. The summed E-state index contributed by atoms with van der Waals surface area (Å²) in [5.74, 6) is -1.07. The van der Waals surface area contributed by atoms with E-state index in [4.69, 9.17) is 19.1 Å². The van der Waals surface area contributed by atoms with Crippen molar-refractivity contribution in [2.75, 3.05) is 26.4 Å². The average molecular weight is 827 g/mol. The largest absolute Gasteiger partial charge is 0.472 e. The maximum Gasteiger partial charge on any atom is 0.472 e. The van der Waals surface area contributed by atoms with Gasteiger partial charge in [0.15, 0.2) is 6.10 Å². The lowest BCUT2D eigenvalue weighted by molar-refractivity contribution is -0.161. The maximum absolute atomic E-state index is 12.6. The molecule has 0 aliphatic rings. The third kappa shape index (κ3) is 39.9. The van der Waals surface area contributed by atoms with Crippen LogP contribution in [0.3, 0.4) is 0 Å². The van der Waals surface area contributed by atoms with Crippen molar-refractivity contribution < 1.29 is 58.0 Å². The van der Waals surface area contributed by atoms with Crippen molar-refractivity contribution >= 4 is 19.8 Å². The van der Waals surface area contributed by atoms with E-state index in [-0.39, 0.29) is 19.4 Å². The van der Waals surface area contributed by atoms with Crippen LogP contribution >= 0.6 is 7.82 Å². The number of unbranched alkanes of at least 4 members (excludes halogenated alkanes) is 12. The fourth-order valence-corrected chi connectivity index (χ4v) is 6.02. The molecule has 0 aliphatic heterocycles. The second-order valence-electron chi connectivity index (χ2n) is 14.1. The lowest BCUT2D eigenvalue weighted by Gasteiger charge is -2.20. The first-order valence-electron chi connectivity index (χ1n) is 21.1. The molecule has 0 spiro atoms. The van der Waals surface area contributed by atoms with E-state index in [1.54, 1.807) is 25.2 Å². The summed E-state index contributed by atoms with van der Waals surface area (Å²) in [5, 5.41) is 37.5. The summed E-state index contributed by atoms with van der Waals surface area (Å²) in [7, 11) is -4.66. The average Bonchev–Trinajstić information content (AvgIpc) is 3.18. The van der Waals surface area contributed by atoms with Crippen LogP contribution in [-0.2, 0) is 32.7 Å². The first-order chi connectivity index (χ1) is 27.5. The van der Waals surface area contributed by atoms with Crippen molar-refractivity contribution in [3.05, 3.63) is 72.9 Å². The van der Waals surface area contributed by atoms with E-state index < -0.39 is 64.0 Å². The Kier molecular flexibility index (Phi) is 37.0. The Balaban J connectivity index is 4.52. The van der Waals surface area contributed by atoms with Crippen LogP contribution in [0.25, 0.3) is 0 Å². The molecular weight excluding hydrogens is 751 g/mol. The zero-order valence-electron chi connectivity index (χ0n) is 34.7. The predicted octanol–water partition coefficient (Wildman–Crippen LogP) is 8.83. The summed E-state index contributed by atoms with van der Waals surface area (Å²) in [6.45, 7) is 1.65. The third-order valence-corrected chi connectivity index (χ3v) is 9.43. The molecule has 13 heteroatoms. The highest BCUT2D eigenvalue weighted by Gasteiger charge is 2.27. The summed E-state index contributed by atoms with van der Waals surface area (Å²) in [5.41, 5.74) is 0. The van der Waals surface area contributed by atoms with E-state index in [1.165, 1.54) is 57.8 Å². The molecule has 0 amide bonds. The minimum absolute atomic E-state index is 0.0242. The number of hydrogen-bond acceptors (Lipinski definition) is 11. The minimum Gasteiger partial charge on any atom is -0.462 e. The molecule has 0 rings (SSSR count). The predicted molar refractivity (Wildman–Crippen MR) is 226 cm³/mol. The van der Waals surface area contributed by atoms with Gasteiger partial charge in [-0.1, -0.05) is 157 Å². The summed E-state index contributed by atoms with van der Waals surface area (Å²) < 4.78 is 32.5. The number of carbonyl (C=O) groups is 2. The molecule has 57 heavy (non-hydrogen) atoms. The van der Waals surface area contributed by atoms with Crippen LogP contribution in [0.15, 0.2) is 72.9 Å². The van der Waals surface area contributed by atoms with Crippen LogP contribution < -0.4 is 0 Å². The molecule has 328 valence electrons. The SMILES string of the molecule is CCCCCCCCCCCCCCCC(=O)OCC(COP(=O)(O)OCC(O)CO)OC(=O)CC/C=C/C/C=C/C/C=C/C=C\C(O)C/C=C/C/C=C\C(C)O. The van der Waals surface area contributed by atoms with E-state index in [0.717, 1.165) is 25.7 Å². The fraction of sp³-hybridized carbons (Fsp3) is 0.682. The van der Waals surface area contributed by atoms with Gasteiger partial charge in [-0.2, -0.15) is 0 Å². The van der Waals surface area contributed by atoms with E-state index >= 15 is 0 Å². The van der Waals surface area contributed by atoms with Gasteiger partial charge in [0, 0.05) is 12.8 Å². The van der Waals surface area contributed by atoms with Crippen molar-refractivity contribution in [3.63, 3.8) is 0 Å². The van der Waals surface area contributed by atoms with E-state index in [9.17, 15) is 34.4 Å². The Morgan fingerprint density at radius 2 is 1.19 bits per heavy atom. The van der Waals surface area contributed by atoms with Gasteiger partial charge < -0.3 is 34.8 Å². The number of ether oxygens (including phenoxy) is 2. The molecule has 0 radical (unpaired) electrons. The number of rotatable bonds is 38. The number of allylic oxidation sites excluding steroid dienone is 9. The Labute approximate surface area is 343 Å². The monoisotopic (exact) mass is 826 g/mol. The number of hydrogen-bond donors (Lipinski definition) is 5. The molecule has 0 saturated heterocycles. The van der Waals surface area contributed by atoms with Gasteiger partial charge in [-0.15, -0.1) is 0 Å². The van der Waals surface area contributed by atoms with E-state index in [2.05, 4.69) is 11.4 Å². The van der Waals surface area contributed by atoms with Crippen LogP contribution in [0.5, 0.6) is 0 Å². The molecule has 0 heterocycles. The quantitative estimate of drug-likeness (QED) is 0.0131. The smallest absolute Gasteiger partial charge is 0.462 e. The molecular formula is C44H75O12P. The summed E-state index contributed by atoms with van der Waals surface area (Å²) in [6, 6.07) is 0. The highest BCUT2D eigenvalue weighted by Crippen LogP contribution is 2.43. The molecule has 5 atom stereocenters. The van der Waals surface area contributed by atoms with Crippen LogP contribution in [0.2, 0.25) is 0 Å². The molecule has 0 aromatic heterocycles. The molecule has 5 N–H and O–H groups in total. The summed E-state index contributed by atoms with van der Waals surface area (Å²) >= 11 is 0. The van der Waals surface area contributed by atoms with Gasteiger partial charge in [0.1, 0.15) is 12.7 Å². The zero-order valence-corrected chi connectivity index (χ0v) is 35.6.